The number of hydrogen-bond donors (Lipinski definition) is 1. The Kier molecular flexibility index (Phi) is 6.39. The second kappa shape index (κ2) is 9.35. The highest BCUT2D eigenvalue weighted by Crippen LogP contribution is 2.28. The van der Waals surface area contributed by atoms with Crippen molar-refractivity contribution in [1.29, 1.82) is 0 Å². The van der Waals surface area contributed by atoms with Gasteiger partial charge in [0.2, 0.25) is 11.9 Å². The Morgan fingerprint density at radius 1 is 1.28 bits per heavy atom. The lowest BCUT2D eigenvalue weighted by atomic mass is 9.87. The molecule has 0 bridgehead atoms. The smallest absolute Gasteiger partial charge is 0.233 e. The van der Waals surface area contributed by atoms with Gasteiger partial charge in [-0.15, -0.1) is 0 Å². The van der Waals surface area contributed by atoms with E-state index >= 15 is 0 Å². The van der Waals surface area contributed by atoms with Crippen LogP contribution in [0.15, 0.2) is 57.1 Å². The molecule has 2 heterocycles. The number of allylic oxidation sites excluding steroid dienone is 5. The average molecular weight is 395 g/mol. The minimum absolute atomic E-state index is 0.0995. The van der Waals surface area contributed by atoms with E-state index in [1.54, 1.807) is 6.21 Å². The molecule has 1 saturated heterocycles. The third-order valence-electron chi connectivity index (χ3n) is 5.81. The van der Waals surface area contributed by atoms with Crippen molar-refractivity contribution in [3.63, 3.8) is 0 Å². The molecule has 0 aromatic rings. The number of rotatable bonds is 4. The molecule has 0 aromatic carbocycles. The topological polar surface area (TPSA) is 66.3 Å². The highest BCUT2D eigenvalue weighted by Gasteiger charge is 2.35. The lowest BCUT2D eigenvalue weighted by molar-refractivity contribution is -0.137. The van der Waals surface area contributed by atoms with E-state index in [9.17, 15) is 4.79 Å². The second-order valence-corrected chi connectivity index (χ2v) is 8.02. The number of morpholine rings is 1. The number of aliphatic imine (C=N–C) groups is 2. The van der Waals surface area contributed by atoms with Gasteiger partial charge in [0.25, 0.3) is 0 Å². The molecular formula is C23H30N4O2. The minimum atomic E-state index is -0.358. The van der Waals surface area contributed by atoms with Crippen LogP contribution in [-0.2, 0) is 9.53 Å². The van der Waals surface area contributed by atoms with Gasteiger partial charge in [0.15, 0.2) is 0 Å². The molecule has 1 fully saturated rings. The number of guanidine groups is 1. The quantitative estimate of drug-likeness (QED) is 0.797. The van der Waals surface area contributed by atoms with Crippen LogP contribution in [0.5, 0.6) is 0 Å². The van der Waals surface area contributed by atoms with Crippen molar-refractivity contribution in [2.24, 2.45) is 15.9 Å². The molecule has 29 heavy (non-hydrogen) atoms. The SMILES string of the molecule is CC1=CC(C2N=C(NCC3=CC=CCC3)N=CC2C(=O)N2CCOCC2)=CCC1. The zero-order valence-electron chi connectivity index (χ0n) is 17.1. The summed E-state index contributed by atoms with van der Waals surface area (Å²) in [7, 11) is 0. The van der Waals surface area contributed by atoms with Crippen LogP contribution in [0.1, 0.15) is 32.6 Å². The lowest BCUT2D eigenvalue weighted by Gasteiger charge is -2.33. The molecule has 0 aromatic heterocycles. The van der Waals surface area contributed by atoms with Gasteiger partial charge in [-0.25, -0.2) is 9.98 Å². The largest absolute Gasteiger partial charge is 0.378 e. The van der Waals surface area contributed by atoms with Crippen LogP contribution < -0.4 is 5.32 Å². The van der Waals surface area contributed by atoms with Gasteiger partial charge >= 0.3 is 0 Å². The van der Waals surface area contributed by atoms with Crippen molar-refractivity contribution in [3.8, 4) is 0 Å². The normalized spacial score (nSPS) is 27.0. The van der Waals surface area contributed by atoms with Crippen molar-refractivity contribution in [2.75, 3.05) is 32.8 Å². The predicted molar refractivity (Wildman–Crippen MR) is 116 cm³/mol. The number of hydrogen-bond acceptors (Lipinski definition) is 5. The molecule has 6 heteroatoms. The van der Waals surface area contributed by atoms with E-state index in [0.29, 0.717) is 32.3 Å². The summed E-state index contributed by atoms with van der Waals surface area (Å²) < 4.78 is 5.41. The van der Waals surface area contributed by atoms with Crippen LogP contribution in [-0.4, -0.2) is 61.9 Å². The lowest BCUT2D eigenvalue weighted by Crippen LogP contribution is -2.48. The van der Waals surface area contributed by atoms with E-state index in [0.717, 1.165) is 37.8 Å². The van der Waals surface area contributed by atoms with Gasteiger partial charge in [0.1, 0.15) is 5.92 Å². The van der Waals surface area contributed by atoms with Crippen molar-refractivity contribution in [1.82, 2.24) is 10.2 Å². The molecule has 0 radical (unpaired) electrons. The summed E-state index contributed by atoms with van der Waals surface area (Å²) in [6.45, 7) is 5.36. The first-order chi connectivity index (χ1) is 14.2. The van der Waals surface area contributed by atoms with Crippen LogP contribution in [0.4, 0.5) is 0 Å². The monoisotopic (exact) mass is 394 g/mol. The maximum atomic E-state index is 13.2. The third-order valence-corrected chi connectivity index (χ3v) is 5.81. The van der Waals surface area contributed by atoms with Gasteiger partial charge in [-0.1, -0.05) is 41.5 Å². The van der Waals surface area contributed by atoms with Crippen LogP contribution in [0.2, 0.25) is 0 Å². The first-order valence-electron chi connectivity index (χ1n) is 10.6. The zero-order valence-corrected chi connectivity index (χ0v) is 17.1. The first-order valence-corrected chi connectivity index (χ1v) is 10.6. The van der Waals surface area contributed by atoms with E-state index < -0.39 is 0 Å². The van der Waals surface area contributed by atoms with Crippen molar-refractivity contribution < 1.29 is 9.53 Å². The van der Waals surface area contributed by atoms with Crippen molar-refractivity contribution in [3.05, 3.63) is 47.1 Å². The van der Waals surface area contributed by atoms with E-state index in [1.165, 1.54) is 11.1 Å². The maximum Gasteiger partial charge on any atom is 0.233 e. The van der Waals surface area contributed by atoms with Crippen LogP contribution in [0.25, 0.3) is 0 Å². The van der Waals surface area contributed by atoms with Gasteiger partial charge in [0, 0.05) is 25.8 Å². The van der Waals surface area contributed by atoms with Gasteiger partial charge in [-0.05, 0) is 38.2 Å². The number of amides is 1. The fourth-order valence-corrected chi connectivity index (χ4v) is 4.12. The Labute approximate surface area is 172 Å². The number of carbonyl (C=O) groups is 1. The Morgan fingerprint density at radius 3 is 2.90 bits per heavy atom. The van der Waals surface area contributed by atoms with Crippen molar-refractivity contribution in [2.45, 2.75) is 38.6 Å². The molecule has 4 rings (SSSR count). The average Bonchev–Trinajstić information content (AvgIpc) is 2.78. The fraction of sp³-hybridized carbons (Fsp3) is 0.522. The Morgan fingerprint density at radius 2 is 2.14 bits per heavy atom. The molecule has 6 nitrogen and oxygen atoms in total. The molecule has 0 saturated carbocycles. The third kappa shape index (κ3) is 4.93. The summed E-state index contributed by atoms with van der Waals surface area (Å²) in [4.78, 5) is 24.5. The van der Waals surface area contributed by atoms with Gasteiger partial charge in [-0.3, -0.25) is 4.79 Å². The number of ether oxygens (including phenoxy) is 1. The first kappa shape index (κ1) is 19.8. The standard InChI is InChI=1S/C23H30N4O2/c1-17-6-5-9-19(14-17)21-20(22(28)27-10-12-29-13-11-27)16-25-23(26-21)24-15-18-7-3-2-4-8-18/h2-3,7,9,14,16,20-21H,4-6,8,10-13,15H2,1H3,(H,24,26). The summed E-state index contributed by atoms with van der Waals surface area (Å²) in [6.07, 6.45) is 16.9. The molecule has 2 atom stereocenters. The van der Waals surface area contributed by atoms with Gasteiger partial charge in [0.05, 0.1) is 19.3 Å². The van der Waals surface area contributed by atoms with E-state index in [1.807, 2.05) is 4.90 Å². The molecule has 4 aliphatic rings. The van der Waals surface area contributed by atoms with Crippen molar-refractivity contribution >= 4 is 18.1 Å². The molecule has 0 spiro atoms. The molecular weight excluding hydrogens is 364 g/mol. The number of carbonyl (C=O) groups excluding carboxylic acids is 1. The van der Waals surface area contributed by atoms with E-state index in [4.69, 9.17) is 9.73 Å². The fourth-order valence-electron chi connectivity index (χ4n) is 4.12. The molecule has 154 valence electrons. The summed E-state index contributed by atoms with van der Waals surface area (Å²) in [5.41, 5.74) is 3.82. The number of nitrogens with zero attached hydrogens (tertiary/aromatic N) is 3. The van der Waals surface area contributed by atoms with Crippen LogP contribution in [0, 0.1) is 5.92 Å². The summed E-state index contributed by atoms with van der Waals surface area (Å²) in [6, 6.07) is -0.221. The maximum absolute atomic E-state index is 13.2. The van der Waals surface area contributed by atoms with Crippen LogP contribution >= 0.6 is 0 Å². The van der Waals surface area contributed by atoms with Crippen LogP contribution in [0.3, 0.4) is 0 Å². The summed E-state index contributed by atoms with van der Waals surface area (Å²) in [5.74, 6) is 0.361. The summed E-state index contributed by atoms with van der Waals surface area (Å²) in [5, 5.41) is 3.37. The molecule has 2 unspecified atom stereocenters. The van der Waals surface area contributed by atoms with Gasteiger partial charge in [-0.2, -0.15) is 0 Å². The molecule has 2 aliphatic heterocycles. The Bertz CT molecular complexity index is 813. The highest BCUT2D eigenvalue weighted by molar-refractivity contribution is 6.01. The number of nitrogens with one attached hydrogen (secondary N) is 1. The van der Waals surface area contributed by atoms with Gasteiger partial charge < -0.3 is 15.0 Å². The second-order valence-electron chi connectivity index (χ2n) is 8.02. The summed E-state index contributed by atoms with van der Waals surface area (Å²) >= 11 is 0. The predicted octanol–water partition coefficient (Wildman–Crippen LogP) is 2.80. The zero-order chi connectivity index (χ0) is 20.1. The Hall–Kier alpha value is -2.47. The molecule has 1 amide bonds. The highest BCUT2D eigenvalue weighted by atomic mass is 16.5. The molecule has 2 aliphatic carbocycles. The Balaban J connectivity index is 1.52. The van der Waals surface area contributed by atoms with E-state index in [-0.39, 0.29) is 17.9 Å². The van der Waals surface area contributed by atoms with E-state index in [2.05, 4.69) is 47.6 Å². The molecule has 1 N–H and O–H groups in total. The minimum Gasteiger partial charge on any atom is -0.378 e.